The number of hydrogen-bond acceptors (Lipinski definition) is 1. The van der Waals surface area contributed by atoms with Gasteiger partial charge in [0.25, 0.3) is 0 Å². The van der Waals surface area contributed by atoms with Gasteiger partial charge in [0, 0.05) is 0 Å². The second-order valence-electron chi connectivity index (χ2n) is 5.33. The van der Waals surface area contributed by atoms with Crippen LogP contribution in [0.3, 0.4) is 0 Å². The predicted molar refractivity (Wildman–Crippen MR) is 72.5 cm³/mol. The van der Waals surface area contributed by atoms with Crippen LogP contribution in [-0.2, 0) is 6.42 Å². The van der Waals surface area contributed by atoms with Gasteiger partial charge in [-0.05, 0) is 48.8 Å². The highest BCUT2D eigenvalue weighted by molar-refractivity contribution is 5.37. The number of rotatable bonds is 4. The van der Waals surface area contributed by atoms with E-state index in [1.54, 1.807) is 0 Å². The molecule has 1 N–H and O–H groups in total. The van der Waals surface area contributed by atoms with Gasteiger partial charge in [-0.3, -0.25) is 0 Å². The smallest absolute Gasteiger partial charge is 0.118 e. The van der Waals surface area contributed by atoms with Crippen LogP contribution in [0.1, 0.15) is 68.9 Å². The topological polar surface area (TPSA) is 20.2 Å². The molecule has 1 aliphatic carbocycles. The van der Waals surface area contributed by atoms with Crippen LogP contribution in [0.15, 0.2) is 18.2 Å². The summed E-state index contributed by atoms with van der Waals surface area (Å²) in [6.45, 7) is 2.20. The lowest BCUT2D eigenvalue weighted by Gasteiger charge is -2.22. The minimum absolute atomic E-state index is 0.484. The van der Waals surface area contributed by atoms with E-state index in [9.17, 15) is 5.11 Å². The van der Waals surface area contributed by atoms with Gasteiger partial charge in [0.2, 0.25) is 0 Å². The molecule has 0 aliphatic heterocycles. The summed E-state index contributed by atoms with van der Waals surface area (Å²) in [5.41, 5.74) is 2.60. The van der Waals surface area contributed by atoms with Crippen molar-refractivity contribution in [3.05, 3.63) is 29.3 Å². The van der Waals surface area contributed by atoms with E-state index in [0.29, 0.717) is 5.75 Å². The molecule has 17 heavy (non-hydrogen) atoms. The van der Waals surface area contributed by atoms with Crippen molar-refractivity contribution in [3.63, 3.8) is 0 Å². The Labute approximate surface area is 105 Å². The first-order valence-corrected chi connectivity index (χ1v) is 7.13. The molecule has 1 aromatic carbocycles. The fourth-order valence-corrected chi connectivity index (χ4v) is 2.86. The van der Waals surface area contributed by atoms with Crippen LogP contribution in [0.5, 0.6) is 5.75 Å². The molecule has 0 aromatic heterocycles. The molecular weight excluding hydrogens is 208 g/mol. The Kier molecular flexibility index (Phi) is 4.47. The van der Waals surface area contributed by atoms with E-state index in [2.05, 4.69) is 19.1 Å². The first kappa shape index (κ1) is 12.5. The van der Waals surface area contributed by atoms with Crippen LogP contribution in [0.25, 0.3) is 0 Å². The predicted octanol–water partition coefficient (Wildman–Crippen LogP) is 4.78. The summed E-state index contributed by atoms with van der Waals surface area (Å²) in [7, 11) is 0. The van der Waals surface area contributed by atoms with Crippen molar-refractivity contribution in [2.24, 2.45) is 0 Å². The molecule has 0 spiro atoms. The van der Waals surface area contributed by atoms with E-state index in [0.717, 1.165) is 17.9 Å². The Morgan fingerprint density at radius 3 is 2.65 bits per heavy atom. The zero-order valence-corrected chi connectivity index (χ0v) is 10.9. The fraction of sp³-hybridized carbons (Fsp3) is 0.625. The Bertz CT molecular complexity index is 351. The number of aromatic hydroxyl groups is 1. The SMILES string of the molecule is CCCCc1cc(C2CCCCC2)ccc1O. The Morgan fingerprint density at radius 1 is 1.18 bits per heavy atom. The summed E-state index contributed by atoms with van der Waals surface area (Å²) >= 11 is 0. The molecule has 1 heteroatoms. The van der Waals surface area contributed by atoms with Crippen LogP contribution in [0, 0.1) is 0 Å². The summed E-state index contributed by atoms with van der Waals surface area (Å²) in [6.07, 6.45) is 10.2. The first-order chi connectivity index (χ1) is 8.31. The van der Waals surface area contributed by atoms with Crippen LogP contribution < -0.4 is 0 Å². The monoisotopic (exact) mass is 232 g/mol. The highest BCUT2D eigenvalue weighted by Crippen LogP contribution is 2.34. The summed E-state index contributed by atoms with van der Waals surface area (Å²) in [5.74, 6) is 1.22. The van der Waals surface area contributed by atoms with Gasteiger partial charge >= 0.3 is 0 Å². The number of phenolic OH excluding ortho intramolecular Hbond substituents is 1. The Balaban J connectivity index is 2.11. The molecule has 0 radical (unpaired) electrons. The second-order valence-corrected chi connectivity index (χ2v) is 5.33. The van der Waals surface area contributed by atoms with Crippen molar-refractivity contribution in [2.75, 3.05) is 0 Å². The molecule has 0 atom stereocenters. The average Bonchev–Trinajstić information content (AvgIpc) is 2.39. The number of phenols is 1. The van der Waals surface area contributed by atoms with Crippen LogP contribution in [0.2, 0.25) is 0 Å². The Hall–Kier alpha value is -0.980. The number of benzene rings is 1. The van der Waals surface area contributed by atoms with Crippen LogP contribution >= 0.6 is 0 Å². The van der Waals surface area contributed by atoms with Crippen molar-refractivity contribution in [1.82, 2.24) is 0 Å². The third-order valence-corrected chi connectivity index (χ3v) is 3.98. The van der Waals surface area contributed by atoms with Crippen molar-refractivity contribution >= 4 is 0 Å². The maximum atomic E-state index is 9.86. The quantitative estimate of drug-likeness (QED) is 0.792. The molecule has 0 amide bonds. The van der Waals surface area contributed by atoms with Crippen molar-refractivity contribution in [3.8, 4) is 5.75 Å². The van der Waals surface area contributed by atoms with E-state index >= 15 is 0 Å². The normalized spacial score (nSPS) is 17.2. The number of aryl methyl sites for hydroxylation is 1. The van der Waals surface area contributed by atoms with Crippen LogP contribution in [-0.4, -0.2) is 5.11 Å². The van der Waals surface area contributed by atoms with Gasteiger partial charge in [-0.25, -0.2) is 0 Å². The molecule has 1 aliphatic rings. The number of unbranched alkanes of at least 4 members (excludes halogenated alkanes) is 1. The highest BCUT2D eigenvalue weighted by Gasteiger charge is 2.16. The second kappa shape index (κ2) is 6.09. The van der Waals surface area contributed by atoms with E-state index in [1.165, 1.54) is 50.5 Å². The van der Waals surface area contributed by atoms with Gasteiger partial charge in [-0.2, -0.15) is 0 Å². The van der Waals surface area contributed by atoms with E-state index in [-0.39, 0.29) is 0 Å². The third kappa shape index (κ3) is 3.24. The Morgan fingerprint density at radius 2 is 1.94 bits per heavy atom. The summed E-state index contributed by atoms with van der Waals surface area (Å²) in [5, 5.41) is 9.86. The molecule has 0 saturated heterocycles. The zero-order valence-electron chi connectivity index (χ0n) is 10.9. The lowest BCUT2D eigenvalue weighted by Crippen LogP contribution is -2.05. The average molecular weight is 232 g/mol. The largest absolute Gasteiger partial charge is 0.508 e. The standard InChI is InChI=1S/C16H24O/c1-2-3-7-15-12-14(10-11-16(15)17)13-8-5-4-6-9-13/h10-13,17H,2-9H2,1H3. The van der Waals surface area contributed by atoms with Gasteiger partial charge in [0.15, 0.2) is 0 Å². The van der Waals surface area contributed by atoms with E-state index < -0.39 is 0 Å². The first-order valence-electron chi connectivity index (χ1n) is 7.13. The van der Waals surface area contributed by atoms with Gasteiger partial charge in [0.05, 0.1) is 0 Å². The minimum atomic E-state index is 0.484. The lowest BCUT2D eigenvalue weighted by atomic mass is 9.83. The van der Waals surface area contributed by atoms with Crippen LogP contribution in [0.4, 0.5) is 0 Å². The minimum Gasteiger partial charge on any atom is -0.508 e. The molecule has 2 rings (SSSR count). The van der Waals surface area contributed by atoms with Gasteiger partial charge < -0.3 is 5.11 Å². The molecule has 1 fully saturated rings. The summed E-state index contributed by atoms with van der Waals surface area (Å²) in [6, 6.07) is 6.27. The highest BCUT2D eigenvalue weighted by atomic mass is 16.3. The molecular formula is C16H24O. The molecule has 1 aromatic rings. The summed E-state index contributed by atoms with van der Waals surface area (Å²) < 4.78 is 0. The van der Waals surface area contributed by atoms with Gasteiger partial charge in [-0.1, -0.05) is 44.7 Å². The van der Waals surface area contributed by atoms with Crippen molar-refractivity contribution in [1.29, 1.82) is 0 Å². The molecule has 94 valence electrons. The number of hydrogen-bond donors (Lipinski definition) is 1. The molecule has 1 saturated carbocycles. The molecule has 0 unspecified atom stereocenters. The summed E-state index contributed by atoms with van der Waals surface area (Å²) in [4.78, 5) is 0. The molecule has 0 heterocycles. The van der Waals surface area contributed by atoms with Gasteiger partial charge in [-0.15, -0.1) is 0 Å². The molecule has 1 nitrogen and oxygen atoms in total. The zero-order chi connectivity index (χ0) is 12.1. The molecule has 0 bridgehead atoms. The van der Waals surface area contributed by atoms with E-state index in [1.807, 2.05) is 6.07 Å². The maximum absolute atomic E-state index is 9.86. The third-order valence-electron chi connectivity index (χ3n) is 3.98. The van der Waals surface area contributed by atoms with Gasteiger partial charge in [0.1, 0.15) is 5.75 Å². The van der Waals surface area contributed by atoms with E-state index in [4.69, 9.17) is 0 Å². The maximum Gasteiger partial charge on any atom is 0.118 e. The lowest BCUT2D eigenvalue weighted by molar-refractivity contribution is 0.440. The van der Waals surface area contributed by atoms with Crippen molar-refractivity contribution in [2.45, 2.75) is 64.2 Å². The fourth-order valence-electron chi connectivity index (χ4n) is 2.86. The van der Waals surface area contributed by atoms with Crippen molar-refractivity contribution < 1.29 is 5.11 Å².